The molecule has 0 spiro atoms. The Kier molecular flexibility index (Phi) is 3.76. The molecule has 1 aromatic heterocycles. The van der Waals surface area contributed by atoms with Crippen LogP contribution in [0, 0.1) is 6.92 Å². The molecule has 1 N–H and O–H groups in total. The van der Waals surface area contributed by atoms with Gasteiger partial charge in [-0.1, -0.05) is 25.1 Å². The van der Waals surface area contributed by atoms with Crippen LogP contribution in [0.25, 0.3) is 0 Å². The maximum atomic E-state index is 4.02. The number of nitrogens with one attached hydrogen (secondary N) is 1. The molecule has 0 radical (unpaired) electrons. The van der Waals surface area contributed by atoms with Crippen molar-refractivity contribution in [3.63, 3.8) is 0 Å². The van der Waals surface area contributed by atoms with Crippen LogP contribution < -0.4 is 5.32 Å². The van der Waals surface area contributed by atoms with Gasteiger partial charge in [0.15, 0.2) is 0 Å². The topological polar surface area (TPSA) is 24.9 Å². The smallest absolute Gasteiger partial charge is 0.0404 e. The molecule has 0 bridgehead atoms. The van der Waals surface area contributed by atoms with E-state index in [9.17, 15) is 0 Å². The van der Waals surface area contributed by atoms with E-state index >= 15 is 0 Å². The molecule has 2 heteroatoms. The predicted molar refractivity (Wildman–Crippen MR) is 72.1 cm³/mol. The third-order valence-electron chi connectivity index (χ3n) is 2.96. The highest BCUT2D eigenvalue weighted by Gasteiger charge is 2.03. The van der Waals surface area contributed by atoms with Crippen molar-refractivity contribution in [2.24, 2.45) is 0 Å². The third-order valence-corrected chi connectivity index (χ3v) is 2.96. The van der Waals surface area contributed by atoms with E-state index in [4.69, 9.17) is 0 Å². The van der Waals surface area contributed by atoms with Crippen LogP contribution in [0.2, 0.25) is 0 Å². The summed E-state index contributed by atoms with van der Waals surface area (Å²) in [5.74, 6) is 0. The van der Waals surface area contributed by atoms with E-state index in [2.05, 4.69) is 42.3 Å². The fourth-order valence-corrected chi connectivity index (χ4v) is 1.97. The highest BCUT2D eigenvalue weighted by atomic mass is 14.9. The average Bonchev–Trinajstić information content (AvgIpc) is 2.38. The Bertz CT molecular complexity index is 478. The number of hydrogen-bond donors (Lipinski definition) is 1. The number of hydrogen-bond acceptors (Lipinski definition) is 2. The number of rotatable bonds is 4. The zero-order valence-corrected chi connectivity index (χ0v) is 10.4. The Morgan fingerprint density at radius 3 is 2.59 bits per heavy atom. The monoisotopic (exact) mass is 226 g/mol. The molecule has 2 aromatic rings. The molecule has 0 atom stereocenters. The van der Waals surface area contributed by atoms with Gasteiger partial charge in [0.25, 0.3) is 0 Å². The van der Waals surface area contributed by atoms with Gasteiger partial charge in [0, 0.05) is 24.6 Å². The summed E-state index contributed by atoms with van der Waals surface area (Å²) in [7, 11) is 0. The first-order valence-electron chi connectivity index (χ1n) is 6.02. The van der Waals surface area contributed by atoms with Crippen molar-refractivity contribution < 1.29 is 0 Å². The summed E-state index contributed by atoms with van der Waals surface area (Å²) >= 11 is 0. The average molecular weight is 226 g/mol. The van der Waals surface area contributed by atoms with Gasteiger partial charge in [-0.3, -0.25) is 4.98 Å². The van der Waals surface area contributed by atoms with E-state index in [0.717, 1.165) is 13.0 Å². The lowest BCUT2D eigenvalue weighted by Crippen LogP contribution is -2.04. The van der Waals surface area contributed by atoms with Crippen LogP contribution in [0.3, 0.4) is 0 Å². The number of para-hydroxylation sites is 1. The highest BCUT2D eigenvalue weighted by Crippen LogP contribution is 2.21. The summed E-state index contributed by atoms with van der Waals surface area (Å²) < 4.78 is 0. The second kappa shape index (κ2) is 5.48. The van der Waals surface area contributed by atoms with Crippen molar-refractivity contribution in [2.45, 2.75) is 26.8 Å². The van der Waals surface area contributed by atoms with Gasteiger partial charge in [-0.15, -0.1) is 0 Å². The molecule has 0 aliphatic carbocycles. The van der Waals surface area contributed by atoms with Crippen LogP contribution in [0.15, 0.2) is 42.7 Å². The van der Waals surface area contributed by atoms with Gasteiger partial charge < -0.3 is 5.32 Å². The fraction of sp³-hybridized carbons (Fsp3) is 0.267. The first kappa shape index (κ1) is 11.6. The van der Waals surface area contributed by atoms with Gasteiger partial charge in [-0.05, 0) is 42.2 Å². The largest absolute Gasteiger partial charge is 0.381 e. The summed E-state index contributed by atoms with van der Waals surface area (Å²) in [5.41, 5.74) is 5.20. The molecule has 1 aromatic carbocycles. The molecule has 0 saturated heterocycles. The van der Waals surface area contributed by atoms with E-state index in [1.807, 2.05) is 24.5 Å². The van der Waals surface area contributed by atoms with Gasteiger partial charge in [0.05, 0.1) is 0 Å². The molecule has 2 nitrogen and oxygen atoms in total. The molecule has 0 aliphatic heterocycles. The molecule has 0 fully saturated rings. The van der Waals surface area contributed by atoms with Gasteiger partial charge in [0.2, 0.25) is 0 Å². The second-order valence-electron chi connectivity index (χ2n) is 4.17. The summed E-state index contributed by atoms with van der Waals surface area (Å²) in [6, 6.07) is 10.5. The third kappa shape index (κ3) is 2.84. The number of aromatic nitrogens is 1. The lowest BCUT2D eigenvalue weighted by atomic mass is 10.1. The van der Waals surface area contributed by atoms with Crippen molar-refractivity contribution in [1.82, 2.24) is 4.98 Å². The Labute approximate surface area is 103 Å². The van der Waals surface area contributed by atoms with E-state index < -0.39 is 0 Å². The maximum Gasteiger partial charge on any atom is 0.0404 e. The number of anilines is 1. The maximum absolute atomic E-state index is 4.02. The van der Waals surface area contributed by atoms with Crippen LogP contribution in [0.4, 0.5) is 5.69 Å². The standard InChI is InChI=1S/C15H18N2/c1-3-14-6-4-5-12(2)15(14)17-11-13-7-9-16-10-8-13/h4-10,17H,3,11H2,1-2H3. The summed E-state index contributed by atoms with van der Waals surface area (Å²) in [5, 5.41) is 3.52. The minimum Gasteiger partial charge on any atom is -0.381 e. The van der Waals surface area contributed by atoms with Crippen molar-refractivity contribution in [3.8, 4) is 0 Å². The zero-order chi connectivity index (χ0) is 12.1. The predicted octanol–water partition coefficient (Wildman–Crippen LogP) is 3.56. The SMILES string of the molecule is CCc1cccc(C)c1NCc1ccncc1. The van der Waals surface area contributed by atoms with Crippen LogP contribution in [0.1, 0.15) is 23.6 Å². The summed E-state index contributed by atoms with van der Waals surface area (Å²) in [6.45, 7) is 5.18. The minimum atomic E-state index is 0.848. The Hall–Kier alpha value is -1.83. The highest BCUT2D eigenvalue weighted by molar-refractivity contribution is 5.57. The Morgan fingerprint density at radius 2 is 1.88 bits per heavy atom. The summed E-state index contributed by atoms with van der Waals surface area (Å²) in [6.07, 6.45) is 4.71. The Morgan fingerprint density at radius 1 is 1.12 bits per heavy atom. The van der Waals surface area contributed by atoms with Crippen molar-refractivity contribution >= 4 is 5.69 Å². The van der Waals surface area contributed by atoms with Crippen molar-refractivity contribution in [2.75, 3.05) is 5.32 Å². The summed E-state index contributed by atoms with van der Waals surface area (Å²) in [4.78, 5) is 4.02. The number of benzene rings is 1. The van der Waals surface area contributed by atoms with Gasteiger partial charge in [0.1, 0.15) is 0 Å². The van der Waals surface area contributed by atoms with E-state index in [-0.39, 0.29) is 0 Å². The van der Waals surface area contributed by atoms with Crippen molar-refractivity contribution in [3.05, 3.63) is 59.4 Å². The number of aryl methyl sites for hydroxylation is 2. The molecule has 0 aliphatic rings. The molecular weight excluding hydrogens is 208 g/mol. The molecule has 1 heterocycles. The Balaban J connectivity index is 2.14. The zero-order valence-electron chi connectivity index (χ0n) is 10.4. The first-order chi connectivity index (χ1) is 8.31. The molecule has 0 amide bonds. The molecule has 17 heavy (non-hydrogen) atoms. The van der Waals surface area contributed by atoms with Crippen LogP contribution >= 0.6 is 0 Å². The number of pyridine rings is 1. The normalized spacial score (nSPS) is 10.2. The molecule has 0 saturated carbocycles. The molecule has 0 unspecified atom stereocenters. The molecule has 2 rings (SSSR count). The van der Waals surface area contributed by atoms with Gasteiger partial charge in [-0.2, -0.15) is 0 Å². The van der Waals surface area contributed by atoms with Crippen LogP contribution in [-0.2, 0) is 13.0 Å². The van der Waals surface area contributed by atoms with Crippen molar-refractivity contribution in [1.29, 1.82) is 0 Å². The molecular formula is C15H18N2. The molecule has 88 valence electrons. The lowest BCUT2D eigenvalue weighted by Gasteiger charge is -2.13. The van der Waals surface area contributed by atoms with E-state index in [0.29, 0.717) is 0 Å². The van der Waals surface area contributed by atoms with E-state index in [1.54, 1.807) is 0 Å². The quantitative estimate of drug-likeness (QED) is 0.862. The van der Waals surface area contributed by atoms with Gasteiger partial charge in [-0.25, -0.2) is 0 Å². The minimum absolute atomic E-state index is 0.848. The van der Waals surface area contributed by atoms with Crippen LogP contribution in [0.5, 0.6) is 0 Å². The fourth-order valence-electron chi connectivity index (χ4n) is 1.97. The van der Waals surface area contributed by atoms with E-state index in [1.165, 1.54) is 22.4 Å². The van der Waals surface area contributed by atoms with Crippen LogP contribution in [-0.4, -0.2) is 4.98 Å². The van der Waals surface area contributed by atoms with Gasteiger partial charge >= 0.3 is 0 Å². The number of nitrogens with zero attached hydrogens (tertiary/aromatic N) is 1. The first-order valence-corrected chi connectivity index (χ1v) is 6.02. The second-order valence-corrected chi connectivity index (χ2v) is 4.17. The lowest BCUT2D eigenvalue weighted by molar-refractivity contribution is 1.07.